The zero-order valence-corrected chi connectivity index (χ0v) is 10.0. The Labute approximate surface area is 90.7 Å². The number of rotatable bonds is 3. The molecule has 1 fully saturated rings. The van der Waals surface area contributed by atoms with Gasteiger partial charge in [-0.05, 0) is 19.9 Å². The van der Waals surface area contributed by atoms with Crippen LogP contribution >= 0.6 is 0 Å². The van der Waals surface area contributed by atoms with Crippen molar-refractivity contribution >= 4 is 15.7 Å². The first-order chi connectivity index (χ1) is 6.92. The van der Waals surface area contributed by atoms with Gasteiger partial charge in [-0.15, -0.1) is 0 Å². The van der Waals surface area contributed by atoms with E-state index in [-0.39, 0.29) is 11.7 Å². The monoisotopic (exact) mass is 234 g/mol. The van der Waals surface area contributed by atoms with Gasteiger partial charge in [0.1, 0.15) is 5.75 Å². The first kappa shape index (κ1) is 12.4. The summed E-state index contributed by atoms with van der Waals surface area (Å²) in [7, 11) is -1.35. The van der Waals surface area contributed by atoms with Crippen LogP contribution in [0.1, 0.15) is 12.8 Å². The van der Waals surface area contributed by atoms with E-state index in [1.54, 1.807) is 4.90 Å². The summed E-state index contributed by atoms with van der Waals surface area (Å²) < 4.78 is 21.9. The number of amides is 1. The number of hydrogen-bond donors (Lipinski definition) is 1. The van der Waals surface area contributed by atoms with Crippen molar-refractivity contribution in [3.8, 4) is 0 Å². The Kier molecular flexibility index (Phi) is 4.10. The van der Waals surface area contributed by atoms with Crippen molar-refractivity contribution in [2.75, 3.05) is 32.1 Å². The van der Waals surface area contributed by atoms with E-state index in [1.165, 1.54) is 0 Å². The van der Waals surface area contributed by atoms with Gasteiger partial charge in [-0.3, -0.25) is 4.79 Å². The molecule has 15 heavy (non-hydrogen) atoms. The predicted molar refractivity (Wildman–Crippen MR) is 58.4 cm³/mol. The fourth-order valence-electron chi connectivity index (χ4n) is 1.75. The Balaban J connectivity index is 2.53. The van der Waals surface area contributed by atoms with Crippen LogP contribution in [-0.2, 0) is 14.6 Å². The molecule has 0 saturated carbocycles. The van der Waals surface area contributed by atoms with Crippen LogP contribution in [0.5, 0.6) is 0 Å². The Morgan fingerprint density at radius 2 is 2.20 bits per heavy atom. The maximum atomic E-state index is 11.6. The van der Waals surface area contributed by atoms with Gasteiger partial charge >= 0.3 is 0 Å². The Morgan fingerprint density at radius 1 is 1.53 bits per heavy atom. The van der Waals surface area contributed by atoms with Crippen LogP contribution in [-0.4, -0.2) is 57.4 Å². The third-order valence-corrected chi connectivity index (χ3v) is 3.34. The lowest BCUT2D eigenvalue weighted by Crippen LogP contribution is -2.48. The number of likely N-dealkylation sites (N-methyl/N-ethyl adjacent to an activating group) is 1. The van der Waals surface area contributed by atoms with E-state index >= 15 is 0 Å². The molecule has 88 valence electrons. The molecule has 5 nitrogen and oxygen atoms in total. The van der Waals surface area contributed by atoms with Gasteiger partial charge in [-0.25, -0.2) is 8.42 Å². The molecule has 6 heteroatoms. The molecule has 0 aliphatic carbocycles. The maximum Gasteiger partial charge on any atom is 0.237 e. The van der Waals surface area contributed by atoms with E-state index in [9.17, 15) is 13.2 Å². The summed E-state index contributed by atoms with van der Waals surface area (Å²) in [6.07, 6.45) is 3.06. The van der Waals surface area contributed by atoms with Gasteiger partial charge < -0.3 is 10.2 Å². The van der Waals surface area contributed by atoms with Gasteiger partial charge in [0.05, 0.1) is 0 Å². The smallest absolute Gasteiger partial charge is 0.237 e. The number of piperidine rings is 1. The number of hydrogen-bond acceptors (Lipinski definition) is 4. The van der Waals surface area contributed by atoms with E-state index in [0.29, 0.717) is 19.1 Å². The average molecular weight is 234 g/mol. The van der Waals surface area contributed by atoms with E-state index in [1.807, 2.05) is 7.05 Å². The van der Waals surface area contributed by atoms with Gasteiger partial charge in [0.15, 0.2) is 9.84 Å². The van der Waals surface area contributed by atoms with Gasteiger partial charge in [0.2, 0.25) is 5.91 Å². The minimum atomic E-state index is -3.21. The average Bonchev–Trinajstić information content (AvgIpc) is 2.15. The number of nitrogens with one attached hydrogen (secondary N) is 1. The Hall–Kier alpha value is -0.620. The van der Waals surface area contributed by atoms with Crippen LogP contribution in [0.2, 0.25) is 0 Å². The van der Waals surface area contributed by atoms with Crippen molar-refractivity contribution in [3.63, 3.8) is 0 Å². The van der Waals surface area contributed by atoms with E-state index in [0.717, 1.165) is 19.1 Å². The lowest BCUT2D eigenvalue weighted by atomic mass is 10.1. The summed E-state index contributed by atoms with van der Waals surface area (Å²) in [6, 6.07) is 0.294. The fourth-order valence-corrected chi connectivity index (χ4v) is 2.39. The molecule has 1 heterocycles. The SMILES string of the molecule is CNC1CCCN(C(=O)CS(C)(=O)=O)C1. The third-order valence-electron chi connectivity index (χ3n) is 2.57. The maximum absolute atomic E-state index is 11.6. The van der Waals surface area contributed by atoms with Crippen LogP contribution in [0.25, 0.3) is 0 Å². The molecule has 0 radical (unpaired) electrons. The topological polar surface area (TPSA) is 66.5 Å². The molecule has 1 amide bonds. The predicted octanol–water partition coefficient (Wildman–Crippen LogP) is -0.759. The molecule has 0 bridgehead atoms. The minimum Gasteiger partial charge on any atom is -0.340 e. The van der Waals surface area contributed by atoms with E-state index in [2.05, 4.69) is 5.32 Å². The Bertz CT molecular complexity index is 326. The first-order valence-corrected chi connectivity index (χ1v) is 7.11. The molecule has 0 spiro atoms. The van der Waals surface area contributed by atoms with Crippen molar-refractivity contribution in [1.82, 2.24) is 10.2 Å². The molecular weight excluding hydrogens is 216 g/mol. The molecule has 1 aliphatic rings. The quantitative estimate of drug-likeness (QED) is 0.697. The summed E-state index contributed by atoms with van der Waals surface area (Å²) in [4.78, 5) is 13.2. The summed E-state index contributed by atoms with van der Waals surface area (Å²) >= 11 is 0. The highest BCUT2D eigenvalue weighted by Gasteiger charge is 2.24. The lowest BCUT2D eigenvalue weighted by molar-refractivity contribution is -0.129. The van der Waals surface area contributed by atoms with E-state index < -0.39 is 9.84 Å². The van der Waals surface area contributed by atoms with Crippen molar-refractivity contribution in [2.24, 2.45) is 0 Å². The summed E-state index contributed by atoms with van der Waals surface area (Å²) in [5.74, 6) is -0.652. The molecule has 0 aromatic rings. The highest BCUT2D eigenvalue weighted by molar-refractivity contribution is 7.91. The number of likely N-dealkylation sites (tertiary alicyclic amines) is 1. The highest BCUT2D eigenvalue weighted by atomic mass is 32.2. The summed E-state index contributed by atoms with van der Waals surface area (Å²) in [5.41, 5.74) is 0. The van der Waals surface area contributed by atoms with Crippen molar-refractivity contribution in [3.05, 3.63) is 0 Å². The highest BCUT2D eigenvalue weighted by Crippen LogP contribution is 2.10. The van der Waals surface area contributed by atoms with Crippen LogP contribution < -0.4 is 5.32 Å². The molecule has 0 aromatic heterocycles. The molecule has 1 rings (SSSR count). The van der Waals surface area contributed by atoms with Gasteiger partial charge in [-0.1, -0.05) is 0 Å². The van der Waals surface area contributed by atoms with Gasteiger partial charge in [0.25, 0.3) is 0 Å². The van der Waals surface area contributed by atoms with Crippen LogP contribution in [0.3, 0.4) is 0 Å². The summed E-state index contributed by atoms with van der Waals surface area (Å²) in [6.45, 7) is 1.29. The first-order valence-electron chi connectivity index (χ1n) is 5.05. The number of carbonyl (C=O) groups excluding carboxylic acids is 1. The molecule has 1 unspecified atom stereocenters. The zero-order chi connectivity index (χ0) is 11.5. The molecule has 0 aromatic carbocycles. The Morgan fingerprint density at radius 3 is 2.73 bits per heavy atom. The second-order valence-electron chi connectivity index (χ2n) is 4.04. The lowest BCUT2D eigenvalue weighted by Gasteiger charge is -2.32. The van der Waals surface area contributed by atoms with Crippen LogP contribution in [0, 0.1) is 0 Å². The van der Waals surface area contributed by atoms with E-state index in [4.69, 9.17) is 0 Å². The van der Waals surface area contributed by atoms with Crippen molar-refractivity contribution < 1.29 is 13.2 Å². The molecule has 1 aliphatic heterocycles. The third kappa shape index (κ3) is 4.17. The molecule has 1 atom stereocenters. The fraction of sp³-hybridized carbons (Fsp3) is 0.889. The zero-order valence-electron chi connectivity index (χ0n) is 9.19. The molecular formula is C9H18N2O3S. The van der Waals surface area contributed by atoms with Gasteiger partial charge in [0, 0.05) is 25.4 Å². The second-order valence-corrected chi connectivity index (χ2v) is 6.18. The molecule has 1 N–H and O–H groups in total. The largest absolute Gasteiger partial charge is 0.340 e. The van der Waals surface area contributed by atoms with Gasteiger partial charge in [-0.2, -0.15) is 0 Å². The standard InChI is InChI=1S/C9H18N2O3S/c1-10-8-4-3-5-11(6-8)9(12)7-15(2,13)14/h8,10H,3-7H2,1-2H3. The van der Waals surface area contributed by atoms with Crippen molar-refractivity contribution in [1.29, 1.82) is 0 Å². The van der Waals surface area contributed by atoms with Crippen LogP contribution in [0.4, 0.5) is 0 Å². The normalized spacial score (nSPS) is 22.8. The second kappa shape index (κ2) is 4.94. The molecule has 1 saturated heterocycles. The minimum absolute atomic E-state index is 0.280. The van der Waals surface area contributed by atoms with Crippen molar-refractivity contribution in [2.45, 2.75) is 18.9 Å². The number of sulfone groups is 1. The number of carbonyl (C=O) groups is 1. The summed E-state index contributed by atoms with van der Waals surface area (Å²) in [5, 5.41) is 3.11. The number of nitrogens with zero attached hydrogens (tertiary/aromatic N) is 1. The van der Waals surface area contributed by atoms with Crippen LogP contribution in [0.15, 0.2) is 0 Å².